The molecule has 0 bridgehead atoms. The van der Waals surface area contributed by atoms with Crippen LogP contribution in [0.3, 0.4) is 0 Å². The molecule has 5 heteroatoms. The number of para-hydroxylation sites is 2. The summed E-state index contributed by atoms with van der Waals surface area (Å²) in [6.45, 7) is 0.792. The highest BCUT2D eigenvalue weighted by Gasteiger charge is 2.08. The molecule has 1 N–H and O–H groups in total. The Morgan fingerprint density at radius 1 is 0.594 bits per heavy atom. The van der Waals surface area contributed by atoms with Crippen molar-refractivity contribution in [3.8, 4) is 23.0 Å². The Morgan fingerprint density at radius 3 is 1.84 bits per heavy atom. The first-order valence-electron chi connectivity index (χ1n) is 10.3. The zero-order valence-electron chi connectivity index (χ0n) is 17.4. The fourth-order valence-corrected chi connectivity index (χ4v) is 3.00. The lowest BCUT2D eigenvalue weighted by Crippen LogP contribution is -2.13. The van der Waals surface area contributed by atoms with Crippen molar-refractivity contribution in [2.75, 3.05) is 18.5 Å². The molecule has 5 nitrogen and oxygen atoms in total. The summed E-state index contributed by atoms with van der Waals surface area (Å²) in [5, 5.41) is 2.89. The van der Waals surface area contributed by atoms with Gasteiger partial charge in [0.15, 0.2) is 0 Å². The number of hydrogen-bond acceptors (Lipinski definition) is 4. The van der Waals surface area contributed by atoms with Crippen LogP contribution in [0.4, 0.5) is 5.69 Å². The summed E-state index contributed by atoms with van der Waals surface area (Å²) in [4.78, 5) is 12.6. The summed E-state index contributed by atoms with van der Waals surface area (Å²) >= 11 is 0. The minimum Gasteiger partial charge on any atom is -0.490 e. The van der Waals surface area contributed by atoms with Gasteiger partial charge in [-0.3, -0.25) is 4.79 Å². The molecule has 0 saturated carbocycles. The van der Waals surface area contributed by atoms with Crippen LogP contribution in [0.25, 0.3) is 0 Å². The van der Waals surface area contributed by atoms with Crippen LogP contribution >= 0.6 is 0 Å². The Morgan fingerprint density at radius 2 is 1.16 bits per heavy atom. The van der Waals surface area contributed by atoms with Gasteiger partial charge in [-0.25, -0.2) is 0 Å². The first kappa shape index (κ1) is 21.0. The Balaban J connectivity index is 1.28. The van der Waals surface area contributed by atoms with Crippen LogP contribution in [0, 0.1) is 0 Å². The monoisotopic (exact) mass is 425 g/mol. The summed E-state index contributed by atoms with van der Waals surface area (Å²) in [6.07, 6.45) is 0. The van der Waals surface area contributed by atoms with Crippen molar-refractivity contribution in [1.82, 2.24) is 0 Å². The van der Waals surface area contributed by atoms with Gasteiger partial charge in [-0.05, 0) is 66.7 Å². The number of rotatable bonds is 9. The maximum absolute atomic E-state index is 12.6. The average molecular weight is 425 g/mol. The van der Waals surface area contributed by atoms with E-state index in [9.17, 15) is 4.79 Å². The van der Waals surface area contributed by atoms with Crippen molar-refractivity contribution in [3.63, 3.8) is 0 Å². The van der Waals surface area contributed by atoms with E-state index in [0.717, 1.165) is 11.5 Å². The molecule has 1 amide bonds. The van der Waals surface area contributed by atoms with Crippen molar-refractivity contribution in [2.24, 2.45) is 0 Å². The number of ether oxygens (including phenoxy) is 3. The molecule has 0 aliphatic heterocycles. The van der Waals surface area contributed by atoms with Crippen LogP contribution in [0.2, 0.25) is 0 Å². The number of nitrogens with one attached hydrogen (secondary N) is 1. The number of carbonyl (C=O) groups is 1. The predicted molar refractivity (Wildman–Crippen MR) is 125 cm³/mol. The van der Waals surface area contributed by atoms with Gasteiger partial charge in [-0.15, -0.1) is 0 Å². The maximum atomic E-state index is 12.6. The van der Waals surface area contributed by atoms with Gasteiger partial charge in [0.05, 0.1) is 0 Å². The molecule has 0 saturated heterocycles. The smallest absolute Gasteiger partial charge is 0.255 e. The number of benzene rings is 4. The molecule has 4 rings (SSSR count). The number of amides is 1. The van der Waals surface area contributed by atoms with Crippen molar-refractivity contribution >= 4 is 11.6 Å². The minimum absolute atomic E-state index is 0.215. The molecule has 0 aromatic heterocycles. The molecule has 0 fully saturated rings. The van der Waals surface area contributed by atoms with E-state index in [1.165, 1.54) is 0 Å². The second-order valence-electron chi connectivity index (χ2n) is 6.93. The van der Waals surface area contributed by atoms with E-state index in [0.29, 0.717) is 36.0 Å². The first-order chi connectivity index (χ1) is 15.8. The van der Waals surface area contributed by atoms with Crippen LogP contribution in [0.5, 0.6) is 23.0 Å². The van der Waals surface area contributed by atoms with Crippen LogP contribution in [0.1, 0.15) is 10.4 Å². The molecule has 0 unspecified atom stereocenters. The third-order valence-electron chi connectivity index (χ3n) is 4.55. The molecule has 4 aromatic rings. The van der Waals surface area contributed by atoms with E-state index in [-0.39, 0.29) is 5.91 Å². The van der Waals surface area contributed by atoms with Crippen LogP contribution in [0.15, 0.2) is 109 Å². The summed E-state index contributed by atoms with van der Waals surface area (Å²) in [5.41, 5.74) is 1.19. The Kier molecular flexibility index (Phi) is 7.01. The van der Waals surface area contributed by atoms with E-state index in [4.69, 9.17) is 14.2 Å². The van der Waals surface area contributed by atoms with E-state index in [1.54, 1.807) is 30.3 Å². The summed E-state index contributed by atoms with van der Waals surface area (Å²) in [6, 6.07) is 33.4. The molecule has 32 heavy (non-hydrogen) atoms. The molecular formula is C27H23NO4. The molecule has 0 atom stereocenters. The normalized spacial score (nSPS) is 10.2. The fraction of sp³-hybridized carbons (Fsp3) is 0.0741. The van der Waals surface area contributed by atoms with Gasteiger partial charge >= 0.3 is 0 Å². The average Bonchev–Trinajstić information content (AvgIpc) is 2.85. The highest BCUT2D eigenvalue weighted by atomic mass is 16.5. The van der Waals surface area contributed by atoms with Gasteiger partial charge in [0.1, 0.15) is 36.2 Å². The predicted octanol–water partition coefficient (Wildman–Crippen LogP) is 6.19. The molecular weight excluding hydrogens is 402 g/mol. The van der Waals surface area contributed by atoms with Gasteiger partial charge in [-0.2, -0.15) is 0 Å². The summed E-state index contributed by atoms with van der Waals surface area (Å²) < 4.78 is 17.1. The number of anilines is 1. The summed E-state index contributed by atoms with van der Waals surface area (Å²) in [7, 11) is 0. The topological polar surface area (TPSA) is 56.8 Å². The molecule has 0 radical (unpaired) electrons. The van der Waals surface area contributed by atoms with Crippen molar-refractivity contribution in [2.45, 2.75) is 0 Å². The van der Waals surface area contributed by atoms with Crippen LogP contribution in [-0.4, -0.2) is 19.1 Å². The fourth-order valence-electron chi connectivity index (χ4n) is 3.00. The number of hydrogen-bond donors (Lipinski definition) is 1. The molecule has 0 aliphatic rings. The maximum Gasteiger partial charge on any atom is 0.255 e. The Hall–Kier alpha value is -4.25. The van der Waals surface area contributed by atoms with Crippen molar-refractivity contribution in [3.05, 3.63) is 115 Å². The minimum atomic E-state index is -0.215. The van der Waals surface area contributed by atoms with Gasteiger partial charge < -0.3 is 19.5 Å². The van der Waals surface area contributed by atoms with E-state index in [2.05, 4.69) is 5.32 Å². The molecule has 0 spiro atoms. The summed E-state index contributed by atoms with van der Waals surface area (Å²) in [5.74, 6) is 2.65. The van der Waals surface area contributed by atoms with Gasteiger partial charge in [-0.1, -0.05) is 42.5 Å². The lowest BCUT2D eigenvalue weighted by Gasteiger charge is -2.10. The van der Waals surface area contributed by atoms with Gasteiger partial charge in [0, 0.05) is 11.3 Å². The molecule has 4 aromatic carbocycles. The quantitative estimate of drug-likeness (QED) is 0.325. The SMILES string of the molecule is O=C(Nc1ccc(Oc2ccccc2)cc1)c1cccc(OCCOc2ccccc2)c1. The van der Waals surface area contributed by atoms with E-state index < -0.39 is 0 Å². The third kappa shape index (κ3) is 6.12. The molecule has 0 heterocycles. The van der Waals surface area contributed by atoms with E-state index >= 15 is 0 Å². The largest absolute Gasteiger partial charge is 0.490 e. The first-order valence-corrected chi connectivity index (χ1v) is 10.3. The van der Waals surface area contributed by atoms with Crippen LogP contribution < -0.4 is 19.5 Å². The lowest BCUT2D eigenvalue weighted by molar-refractivity contribution is 0.102. The zero-order chi connectivity index (χ0) is 22.0. The Labute approximate surface area is 187 Å². The molecule has 160 valence electrons. The lowest BCUT2D eigenvalue weighted by atomic mass is 10.2. The van der Waals surface area contributed by atoms with Crippen molar-refractivity contribution < 1.29 is 19.0 Å². The third-order valence-corrected chi connectivity index (χ3v) is 4.55. The van der Waals surface area contributed by atoms with Gasteiger partial charge in [0.2, 0.25) is 0 Å². The van der Waals surface area contributed by atoms with Crippen LogP contribution in [-0.2, 0) is 0 Å². The number of carbonyl (C=O) groups excluding carboxylic acids is 1. The van der Waals surface area contributed by atoms with Gasteiger partial charge in [0.25, 0.3) is 5.91 Å². The standard InChI is InChI=1S/C27H23NO4/c29-27(28-22-14-16-25(17-15-22)32-24-11-5-2-6-12-24)21-8-7-13-26(20-21)31-19-18-30-23-9-3-1-4-10-23/h1-17,20H,18-19H2,(H,28,29). The Bertz CT molecular complexity index is 1130. The zero-order valence-corrected chi connectivity index (χ0v) is 17.4. The molecule has 0 aliphatic carbocycles. The highest BCUT2D eigenvalue weighted by Crippen LogP contribution is 2.23. The van der Waals surface area contributed by atoms with Crippen molar-refractivity contribution in [1.29, 1.82) is 0 Å². The van der Waals surface area contributed by atoms with E-state index in [1.807, 2.05) is 78.9 Å². The second kappa shape index (κ2) is 10.7. The highest BCUT2D eigenvalue weighted by molar-refractivity contribution is 6.04. The second-order valence-corrected chi connectivity index (χ2v) is 6.93.